The Morgan fingerprint density at radius 3 is 2.72 bits per heavy atom. The molecule has 0 aromatic heterocycles. The van der Waals surface area contributed by atoms with Crippen molar-refractivity contribution in [2.24, 2.45) is 0 Å². The maximum atomic E-state index is 11.2. The van der Waals surface area contributed by atoms with E-state index in [0.29, 0.717) is 0 Å². The SMILES string of the molecule is CC#CC(OCCO)(OCCO[N+](=O)[O-])[C@]1(O)CO[C@@H]2[C@@H](O)CO[C@@H]21. The van der Waals surface area contributed by atoms with Gasteiger partial charge in [0.15, 0.2) is 5.60 Å². The van der Waals surface area contributed by atoms with Gasteiger partial charge in [0.05, 0.1) is 33.0 Å². The first-order valence-electron chi connectivity index (χ1n) is 7.64. The van der Waals surface area contributed by atoms with Crippen molar-refractivity contribution in [3.63, 3.8) is 0 Å². The minimum absolute atomic E-state index is 0.0439. The van der Waals surface area contributed by atoms with Crippen LogP contribution in [0.3, 0.4) is 0 Å². The first-order chi connectivity index (χ1) is 11.9. The van der Waals surface area contributed by atoms with Crippen molar-refractivity contribution in [3.8, 4) is 11.8 Å². The lowest BCUT2D eigenvalue weighted by Gasteiger charge is -2.42. The van der Waals surface area contributed by atoms with Crippen LogP contribution in [0.5, 0.6) is 0 Å². The van der Waals surface area contributed by atoms with Crippen molar-refractivity contribution in [2.45, 2.75) is 36.6 Å². The lowest BCUT2D eigenvalue weighted by atomic mass is 9.86. The van der Waals surface area contributed by atoms with Gasteiger partial charge in [0.1, 0.15) is 24.9 Å². The van der Waals surface area contributed by atoms with Gasteiger partial charge in [-0.2, -0.15) is 0 Å². The summed E-state index contributed by atoms with van der Waals surface area (Å²) >= 11 is 0. The molecule has 2 heterocycles. The summed E-state index contributed by atoms with van der Waals surface area (Å²) in [5, 5.41) is 39.4. The third-order valence-electron chi connectivity index (χ3n) is 3.93. The Hall–Kier alpha value is -1.52. The van der Waals surface area contributed by atoms with E-state index in [1.54, 1.807) is 0 Å². The predicted octanol–water partition coefficient (Wildman–Crippen LogP) is -2.17. The maximum Gasteiger partial charge on any atom is 0.294 e. The lowest BCUT2D eigenvalue weighted by Crippen LogP contribution is -2.64. The average molecular weight is 363 g/mol. The van der Waals surface area contributed by atoms with Gasteiger partial charge in [0.25, 0.3) is 10.9 Å². The highest BCUT2D eigenvalue weighted by atomic mass is 17.0. The first-order valence-corrected chi connectivity index (χ1v) is 7.64. The molecule has 5 atom stereocenters. The van der Waals surface area contributed by atoms with Crippen LogP contribution < -0.4 is 0 Å². The fourth-order valence-corrected chi connectivity index (χ4v) is 2.91. The van der Waals surface area contributed by atoms with Crippen LogP contribution in [0.2, 0.25) is 0 Å². The molecular weight excluding hydrogens is 342 g/mol. The van der Waals surface area contributed by atoms with Crippen LogP contribution in [0.15, 0.2) is 0 Å². The Balaban J connectivity index is 2.25. The monoisotopic (exact) mass is 363 g/mol. The second-order valence-corrected chi connectivity index (χ2v) is 5.49. The summed E-state index contributed by atoms with van der Waals surface area (Å²) < 4.78 is 21.9. The van der Waals surface area contributed by atoms with Gasteiger partial charge in [-0.25, -0.2) is 0 Å². The molecule has 2 aliphatic rings. The van der Waals surface area contributed by atoms with E-state index in [-0.39, 0.29) is 33.0 Å². The molecule has 0 aliphatic carbocycles. The molecule has 11 nitrogen and oxygen atoms in total. The standard InChI is InChI=1S/C14H21NO10/c1-2-3-14(23-5-4-16,24-6-7-25-15(19)20)13(18)9-22-11-10(17)8-21-12(11)13/h10-12,16-18H,4-9H2,1H3/t10-,11+,12-,13-,14?/m0/s1. The fraction of sp³-hybridized carbons (Fsp3) is 0.857. The van der Waals surface area contributed by atoms with Crippen LogP contribution in [0.4, 0.5) is 0 Å². The van der Waals surface area contributed by atoms with Gasteiger partial charge in [-0.1, -0.05) is 0 Å². The number of nitrogens with zero attached hydrogens (tertiary/aromatic N) is 1. The van der Waals surface area contributed by atoms with Crippen molar-refractivity contribution in [1.29, 1.82) is 0 Å². The van der Waals surface area contributed by atoms with Crippen LogP contribution in [0.1, 0.15) is 6.92 Å². The quantitative estimate of drug-likeness (QED) is 0.136. The van der Waals surface area contributed by atoms with E-state index in [1.807, 2.05) is 0 Å². The molecule has 0 bridgehead atoms. The molecule has 2 fully saturated rings. The molecule has 0 radical (unpaired) electrons. The number of rotatable bonds is 9. The van der Waals surface area contributed by atoms with Crippen LogP contribution >= 0.6 is 0 Å². The third-order valence-corrected chi connectivity index (χ3v) is 3.93. The molecule has 1 unspecified atom stereocenters. The van der Waals surface area contributed by atoms with Crippen LogP contribution in [-0.4, -0.2) is 89.7 Å². The van der Waals surface area contributed by atoms with Crippen molar-refractivity contribution in [1.82, 2.24) is 0 Å². The molecule has 2 saturated heterocycles. The molecule has 3 N–H and O–H groups in total. The highest BCUT2D eigenvalue weighted by Gasteiger charge is 2.67. The molecule has 0 saturated carbocycles. The Bertz CT molecular complexity index is 533. The summed E-state index contributed by atoms with van der Waals surface area (Å²) in [5.41, 5.74) is -1.93. The molecular formula is C14H21NO10. The highest BCUT2D eigenvalue weighted by Crippen LogP contribution is 2.43. The number of aliphatic hydroxyl groups is 3. The largest absolute Gasteiger partial charge is 0.394 e. The molecule has 0 spiro atoms. The van der Waals surface area contributed by atoms with Gasteiger partial charge in [-0.3, -0.25) is 0 Å². The van der Waals surface area contributed by atoms with Gasteiger partial charge in [0, 0.05) is 0 Å². The number of ether oxygens (including phenoxy) is 4. The summed E-state index contributed by atoms with van der Waals surface area (Å²) in [4.78, 5) is 14.4. The second-order valence-electron chi connectivity index (χ2n) is 5.49. The summed E-state index contributed by atoms with van der Waals surface area (Å²) in [5.74, 6) is 3.18. The average Bonchev–Trinajstić information content (AvgIpc) is 3.11. The van der Waals surface area contributed by atoms with E-state index in [9.17, 15) is 20.3 Å². The van der Waals surface area contributed by atoms with E-state index in [4.69, 9.17) is 24.1 Å². The zero-order chi connectivity index (χ0) is 18.5. The molecule has 0 amide bonds. The van der Waals surface area contributed by atoms with Crippen LogP contribution in [-0.2, 0) is 23.8 Å². The molecule has 2 rings (SSSR count). The fourth-order valence-electron chi connectivity index (χ4n) is 2.91. The summed E-state index contributed by atoms with van der Waals surface area (Å²) in [7, 11) is 0. The van der Waals surface area contributed by atoms with Crippen molar-refractivity contribution in [3.05, 3.63) is 10.1 Å². The maximum absolute atomic E-state index is 11.2. The Morgan fingerprint density at radius 2 is 2.08 bits per heavy atom. The van der Waals surface area contributed by atoms with E-state index in [2.05, 4.69) is 16.7 Å². The zero-order valence-electron chi connectivity index (χ0n) is 13.6. The lowest BCUT2D eigenvalue weighted by molar-refractivity contribution is -0.758. The summed E-state index contributed by atoms with van der Waals surface area (Å²) in [6, 6.07) is 0. The van der Waals surface area contributed by atoms with E-state index >= 15 is 0 Å². The second kappa shape index (κ2) is 8.24. The summed E-state index contributed by atoms with van der Waals surface area (Å²) in [6.07, 6.45) is -2.71. The molecule has 25 heavy (non-hydrogen) atoms. The highest BCUT2D eigenvalue weighted by molar-refractivity contribution is 5.23. The van der Waals surface area contributed by atoms with Crippen molar-refractivity contribution >= 4 is 0 Å². The van der Waals surface area contributed by atoms with Crippen molar-refractivity contribution in [2.75, 3.05) is 39.6 Å². The third kappa shape index (κ3) is 3.85. The van der Waals surface area contributed by atoms with E-state index < -0.39 is 41.4 Å². The minimum Gasteiger partial charge on any atom is -0.394 e. The van der Waals surface area contributed by atoms with Gasteiger partial charge >= 0.3 is 0 Å². The topological polar surface area (TPSA) is 150 Å². The number of hydrogen-bond donors (Lipinski definition) is 3. The normalized spacial score (nSPS) is 33.2. The Morgan fingerprint density at radius 1 is 1.36 bits per heavy atom. The van der Waals surface area contributed by atoms with Gasteiger partial charge in [-0.15, -0.1) is 16.0 Å². The van der Waals surface area contributed by atoms with Gasteiger partial charge in [0.2, 0.25) is 0 Å². The number of aliphatic hydroxyl groups excluding tert-OH is 2. The van der Waals surface area contributed by atoms with Crippen LogP contribution in [0.25, 0.3) is 0 Å². The molecule has 0 aromatic rings. The Kier molecular flexibility index (Phi) is 6.53. The van der Waals surface area contributed by atoms with Crippen molar-refractivity contribution < 1.29 is 44.2 Å². The smallest absolute Gasteiger partial charge is 0.294 e. The Labute approximate surface area is 143 Å². The molecule has 11 heteroatoms. The summed E-state index contributed by atoms with van der Waals surface area (Å²) in [6.45, 7) is -0.230. The van der Waals surface area contributed by atoms with E-state index in [1.165, 1.54) is 6.92 Å². The molecule has 142 valence electrons. The molecule has 2 aliphatic heterocycles. The van der Waals surface area contributed by atoms with Crippen LogP contribution in [0, 0.1) is 22.0 Å². The number of hydrogen-bond acceptors (Lipinski definition) is 10. The number of fused-ring (bicyclic) bond motifs is 1. The predicted molar refractivity (Wildman–Crippen MR) is 78.6 cm³/mol. The van der Waals surface area contributed by atoms with Gasteiger partial charge < -0.3 is 39.1 Å². The minimum atomic E-state index is -1.99. The molecule has 0 aromatic carbocycles. The first kappa shape index (κ1) is 19.8. The van der Waals surface area contributed by atoms with E-state index in [0.717, 1.165) is 0 Å². The van der Waals surface area contributed by atoms with Gasteiger partial charge in [-0.05, 0) is 12.8 Å². The zero-order valence-corrected chi connectivity index (χ0v) is 13.6.